The minimum atomic E-state index is -0.421. The molecule has 0 saturated carbocycles. The summed E-state index contributed by atoms with van der Waals surface area (Å²) in [6, 6.07) is 4.54. The number of benzene rings is 1. The fraction of sp³-hybridized carbons (Fsp3) is 0.455. The molecular weight excluding hydrogens is 181 g/mol. The van der Waals surface area contributed by atoms with Crippen LogP contribution in [0.2, 0.25) is 0 Å². The lowest BCUT2D eigenvalue weighted by Gasteiger charge is -2.34. The van der Waals surface area contributed by atoms with E-state index in [1.165, 1.54) is 12.1 Å². The van der Waals surface area contributed by atoms with Crippen LogP contribution in [0.1, 0.15) is 25.3 Å². The highest BCUT2D eigenvalue weighted by atomic mass is 19.1. The van der Waals surface area contributed by atoms with Gasteiger partial charge in [-0.3, -0.25) is 0 Å². The van der Waals surface area contributed by atoms with Gasteiger partial charge in [0.05, 0.1) is 6.61 Å². The lowest BCUT2D eigenvalue weighted by atomic mass is 9.83. The summed E-state index contributed by atoms with van der Waals surface area (Å²) in [5.41, 5.74) is 6.57. The van der Waals surface area contributed by atoms with Crippen LogP contribution in [-0.2, 0) is 5.54 Å². The smallest absolute Gasteiger partial charge is 0.124 e. The number of ether oxygens (including phenoxy) is 1. The highest BCUT2D eigenvalue weighted by Crippen LogP contribution is 2.37. The molecule has 2 N–H and O–H groups in total. The number of fused-ring (bicyclic) bond motifs is 1. The molecule has 76 valence electrons. The topological polar surface area (TPSA) is 35.2 Å². The SMILES string of the molecule is CCC1(N)CCOc2ccc(F)cc21. The average Bonchev–Trinajstić information content (AvgIpc) is 2.20. The maximum Gasteiger partial charge on any atom is 0.124 e. The second kappa shape index (κ2) is 3.24. The summed E-state index contributed by atoms with van der Waals surface area (Å²) in [6.07, 6.45) is 1.55. The van der Waals surface area contributed by atoms with Crippen molar-refractivity contribution in [1.29, 1.82) is 0 Å². The first-order valence-electron chi connectivity index (χ1n) is 4.87. The molecule has 0 aliphatic carbocycles. The summed E-state index contributed by atoms with van der Waals surface area (Å²) in [5.74, 6) is 0.472. The molecule has 1 aromatic carbocycles. The molecule has 3 heteroatoms. The van der Waals surface area contributed by atoms with Gasteiger partial charge in [-0.2, -0.15) is 0 Å². The quantitative estimate of drug-likeness (QED) is 0.745. The largest absolute Gasteiger partial charge is 0.493 e. The first-order chi connectivity index (χ1) is 6.65. The molecular formula is C11H14FNO. The van der Waals surface area contributed by atoms with Crippen molar-refractivity contribution < 1.29 is 9.13 Å². The van der Waals surface area contributed by atoms with Crippen molar-refractivity contribution in [3.05, 3.63) is 29.6 Å². The van der Waals surface area contributed by atoms with E-state index in [-0.39, 0.29) is 5.82 Å². The van der Waals surface area contributed by atoms with Crippen LogP contribution in [0.3, 0.4) is 0 Å². The summed E-state index contributed by atoms with van der Waals surface area (Å²) in [7, 11) is 0. The van der Waals surface area contributed by atoms with Crippen molar-refractivity contribution in [2.45, 2.75) is 25.3 Å². The molecule has 14 heavy (non-hydrogen) atoms. The van der Waals surface area contributed by atoms with Crippen LogP contribution in [0.25, 0.3) is 0 Å². The highest BCUT2D eigenvalue weighted by Gasteiger charge is 2.32. The molecule has 0 spiro atoms. The van der Waals surface area contributed by atoms with Crippen molar-refractivity contribution in [1.82, 2.24) is 0 Å². The van der Waals surface area contributed by atoms with Crippen LogP contribution < -0.4 is 10.5 Å². The molecule has 1 aliphatic rings. The molecule has 2 rings (SSSR count). The Morgan fingerprint density at radius 1 is 1.57 bits per heavy atom. The Bertz CT molecular complexity index is 353. The van der Waals surface area contributed by atoms with Gasteiger partial charge in [0.1, 0.15) is 11.6 Å². The zero-order chi connectivity index (χ0) is 10.2. The molecule has 1 unspecified atom stereocenters. The molecule has 0 bridgehead atoms. The second-order valence-electron chi connectivity index (χ2n) is 3.75. The third-order valence-corrected chi connectivity index (χ3v) is 2.91. The van der Waals surface area contributed by atoms with Crippen LogP contribution in [0, 0.1) is 5.82 Å². The first-order valence-corrected chi connectivity index (χ1v) is 4.87. The van der Waals surface area contributed by atoms with E-state index in [4.69, 9.17) is 10.5 Å². The Morgan fingerprint density at radius 3 is 3.07 bits per heavy atom. The normalized spacial score (nSPS) is 25.4. The van der Waals surface area contributed by atoms with E-state index in [1.807, 2.05) is 6.92 Å². The Hall–Kier alpha value is -1.09. The standard InChI is InChI=1S/C11H14FNO/c1-2-11(13)5-6-14-10-4-3-8(12)7-9(10)11/h3-4,7H,2,5-6,13H2,1H3. The molecule has 1 aliphatic heterocycles. The van der Waals surface area contributed by atoms with Gasteiger partial charge in [0.25, 0.3) is 0 Å². The van der Waals surface area contributed by atoms with Crippen LogP contribution in [-0.4, -0.2) is 6.61 Å². The van der Waals surface area contributed by atoms with Crippen LogP contribution >= 0.6 is 0 Å². The summed E-state index contributed by atoms with van der Waals surface area (Å²) < 4.78 is 18.5. The lowest BCUT2D eigenvalue weighted by Crippen LogP contribution is -2.40. The van der Waals surface area contributed by atoms with Gasteiger partial charge in [0.2, 0.25) is 0 Å². The predicted molar refractivity (Wildman–Crippen MR) is 52.7 cm³/mol. The minimum Gasteiger partial charge on any atom is -0.493 e. The molecule has 0 radical (unpaired) electrons. The lowest BCUT2D eigenvalue weighted by molar-refractivity contribution is 0.211. The van der Waals surface area contributed by atoms with Crippen LogP contribution in [0.15, 0.2) is 18.2 Å². The summed E-state index contributed by atoms with van der Waals surface area (Å²) in [5, 5.41) is 0. The molecule has 0 saturated heterocycles. The summed E-state index contributed by atoms with van der Waals surface area (Å²) in [6.45, 7) is 2.63. The zero-order valence-electron chi connectivity index (χ0n) is 8.22. The van der Waals surface area contributed by atoms with Crippen LogP contribution in [0.5, 0.6) is 5.75 Å². The van der Waals surface area contributed by atoms with E-state index >= 15 is 0 Å². The molecule has 0 aromatic heterocycles. The predicted octanol–water partition coefficient (Wildman–Crippen LogP) is 2.17. The van der Waals surface area contributed by atoms with Gasteiger partial charge in [-0.1, -0.05) is 6.92 Å². The molecule has 2 nitrogen and oxygen atoms in total. The molecule has 0 fully saturated rings. The van der Waals surface area contributed by atoms with Gasteiger partial charge in [0.15, 0.2) is 0 Å². The summed E-state index contributed by atoms with van der Waals surface area (Å²) >= 11 is 0. The number of halogens is 1. The number of hydrogen-bond donors (Lipinski definition) is 1. The maximum atomic E-state index is 13.1. The minimum absolute atomic E-state index is 0.252. The van der Waals surface area contributed by atoms with Crippen molar-refractivity contribution >= 4 is 0 Å². The number of hydrogen-bond acceptors (Lipinski definition) is 2. The third kappa shape index (κ3) is 1.38. The Morgan fingerprint density at radius 2 is 2.36 bits per heavy atom. The van der Waals surface area contributed by atoms with Crippen LogP contribution in [0.4, 0.5) is 4.39 Å². The van der Waals surface area contributed by atoms with Gasteiger partial charge in [-0.05, 0) is 24.6 Å². The van der Waals surface area contributed by atoms with Gasteiger partial charge < -0.3 is 10.5 Å². The van der Waals surface area contributed by atoms with Crippen molar-refractivity contribution in [3.63, 3.8) is 0 Å². The molecule has 1 aromatic rings. The monoisotopic (exact) mass is 195 g/mol. The van der Waals surface area contributed by atoms with E-state index in [2.05, 4.69) is 0 Å². The molecule has 1 heterocycles. The first kappa shape index (κ1) is 9.46. The highest BCUT2D eigenvalue weighted by molar-refractivity contribution is 5.40. The fourth-order valence-corrected chi connectivity index (χ4v) is 1.86. The van der Waals surface area contributed by atoms with Gasteiger partial charge in [-0.15, -0.1) is 0 Å². The Labute approximate surface area is 82.9 Å². The Balaban J connectivity index is 2.52. The van der Waals surface area contributed by atoms with E-state index in [0.29, 0.717) is 6.61 Å². The van der Waals surface area contributed by atoms with E-state index in [9.17, 15) is 4.39 Å². The van der Waals surface area contributed by atoms with Crippen molar-refractivity contribution in [3.8, 4) is 5.75 Å². The Kier molecular flexibility index (Phi) is 2.19. The number of rotatable bonds is 1. The second-order valence-corrected chi connectivity index (χ2v) is 3.75. The maximum absolute atomic E-state index is 13.1. The van der Waals surface area contributed by atoms with Gasteiger partial charge in [0, 0.05) is 17.5 Å². The molecule has 0 amide bonds. The summed E-state index contributed by atoms with van der Waals surface area (Å²) in [4.78, 5) is 0. The average molecular weight is 195 g/mol. The van der Waals surface area contributed by atoms with E-state index in [0.717, 1.165) is 24.2 Å². The van der Waals surface area contributed by atoms with E-state index < -0.39 is 5.54 Å². The number of nitrogens with two attached hydrogens (primary N) is 1. The van der Waals surface area contributed by atoms with Crippen molar-refractivity contribution in [2.75, 3.05) is 6.61 Å². The van der Waals surface area contributed by atoms with Gasteiger partial charge >= 0.3 is 0 Å². The third-order valence-electron chi connectivity index (χ3n) is 2.91. The molecule has 1 atom stereocenters. The fourth-order valence-electron chi connectivity index (χ4n) is 1.86. The van der Waals surface area contributed by atoms with Crippen molar-refractivity contribution in [2.24, 2.45) is 5.73 Å². The van der Waals surface area contributed by atoms with Gasteiger partial charge in [-0.25, -0.2) is 4.39 Å². The zero-order valence-corrected chi connectivity index (χ0v) is 8.22. The van der Waals surface area contributed by atoms with E-state index in [1.54, 1.807) is 6.07 Å².